The van der Waals surface area contributed by atoms with Crippen molar-refractivity contribution < 1.29 is 0 Å². The monoisotopic (exact) mass is 608 g/mol. The highest BCUT2D eigenvalue weighted by atomic mass is 14.7. The van der Waals surface area contributed by atoms with E-state index in [4.69, 9.17) is 4.98 Å². The molecule has 0 aliphatic carbocycles. The van der Waals surface area contributed by atoms with Crippen molar-refractivity contribution in [2.24, 2.45) is 0 Å². The first kappa shape index (κ1) is 26.8. The maximum absolute atomic E-state index is 5.56. The van der Waals surface area contributed by atoms with Gasteiger partial charge in [-0.15, -0.1) is 0 Å². The van der Waals surface area contributed by atoms with Gasteiger partial charge in [-0.05, 0) is 71.9 Å². The van der Waals surface area contributed by atoms with Crippen molar-refractivity contribution in [3.05, 3.63) is 170 Å². The standard InChI is InChI=1S/C46H28N2/c1-2-13-29(14-3-1)45-41-27-30(24-25-39(41)44-34-18-6-4-16-32(34)33-17-5-11-23-40(33)46(44)48-45)42-35-19-7-9-21-37(35)43(31-15-12-26-47-28-31)38-22-10-8-20-36(38)42/h1-28H. The van der Waals surface area contributed by atoms with Crippen molar-refractivity contribution >= 4 is 64.8 Å². The third-order valence-corrected chi connectivity index (χ3v) is 9.89. The minimum Gasteiger partial charge on any atom is -0.264 e. The van der Waals surface area contributed by atoms with Crippen LogP contribution in [0, 0.1) is 0 Å². The van der Waals surface area contributed by atoms with E-state index in [1.807, 2.05) is 18.5 Å². The zero-order valence-electron chi connectivity index (χ0n) is 26.1. The van der Waals surface area contributed by atoms with Gasteiger partial charge in [-0.1, -0.05) is 146 Å². The first-order valence-electron chi connectivity index (χ1n) is 16.4. The summed E-state index contributed by atoms with van der Waals surface area (Å²) in [5.74, 6) is 0. The maximum atomic E-state index is 5.56. The number of fused-ring (bicyclic) bond motifs is 10. The largest absolute Gasteiger partial charge is 0.264 e. The highest BCUT2D eigenvalue weighted by molar-refractivity contribution is 6.32. The van der Waals surface area contributed by atoms with E-state index < -0.39 is 0 Å². The van der Waals surface area contributed by atoms with Gasteiger partial charge in [0.2, 0.25) is 0 Å². The number of rotatable bonds is 3. The highest BCUT2D eigenvalue weighted by Crippen LogP contribution is 2.46. The van der Waals surface area contributed by atoms with E-state index in [2.05, 4.69) is 157 Å². The molecule has 0 N–H and O–H groups in total. The Morgan fingerprint density at radius 1 is 0.333 bits per heavy atom. The van der Waals surface area contributed by atoms with Crippen LogP contribution in [0.2, 0.25) is 0 Å². The van der Waals surface area contributed by atoms with Gasteiger partial charge in [-0.2, -0.15) is 0 Å². The molecule has 0 aliphatic rings. The lowest BCUT2D eigenvalue weighted by Crippen LogP contribution is -1.94. The van der Waals surface area contributed by atoms with Gasteiger partial charge in [-0.25, -0.2) is 4.98 Å². The Kier molecular flexibility index (Phi) is 5.91. The van der Waals surface area contributed by atoms with Gasteiger partial charge in [0.25, 0.3) is 0 Å². The van der Waals surface area contributed by atoms with E-state index in [9.17, 15) is 0 Å². The second kappa shape index (κ2) is 10.6. The Labute approximate surface area is 277 Å². The Bertz CT molecular complexity index is 2820. The summed E-state index contributed by atoms with van der Waals surface area (Å²) in [4.78, 5) is 10.0. The fourth-order valence-electron chi connectivity index (χ4n) is 7.87. The van der Waals surface area contributed by atoms with Crippen molar-refractivity contribution in [1.29, 1.82) is 0 Å². The van der Waals surface area contributed by atoms with E-state index in [0.717, 1.165) is 27.7 Å². The molecular weight excluding hydrogens is 581 g/mol. The smallest absolute Gasteiger partial charge is 0.0800 e. The van der Waals surface area contributed by atoms with Crippen molar-refractivity contribution in [1.82, 2.24) is 9.97 Å². The van der Waals surface area contributed by atoms with Crippen LogP contribution in [0.4, 0.5) is 0 Å². The first-order chi connectivity index (χ1) is 23.8. The number of hydrogen-bond acceptors (Lipinski definition) is 2. The third kappa shape index (κ3) is 3.93. The molecule has 10 rings (SSSR count). The van der Waals surface area contributed by atoms with E-state index >= 15 is 0 Å². The minimum atomic E-state index is 1.00. The van der Waals surface area contributed by atoms with Crippen LogP contribution in [0.3, 0.4) is 0 Å². The quantitative estimate of drug-likeness (QED) is 0.147. The van der Waals surface area contributed by atoms with Crippen molar-refractivity contribution in [3.63, 3.8) is 0 Å². The molecule has 0 radical (unpaired) electrons. The SMILES string of the molecule is c1ccc(-c2nc3c4ccccc4c4ccccc4c3c3ccc(-c4c5ccccc5c(-c5cccnc5)c5ccccc45)cc23)cc1. The summed E-state index contributed by atoms with van der Waals surface area (Å²) in [6, 6.07) is 56.9. The molecule has 10 aromatic rings. The molecule has 2 nitrogen and oxygen atoms in total. The summed E-state index contributed by atoms with van der Waals surface area (Å²) < 4.78 is 0. The topological polar surface area (TPSA) is 25.8 Å². The molecule has 2 heterocycles. The van der Waals surface area contributed by atoms with Crippen molar-refractivity contribution in [2.75, 3.05) is 0 Å². The average molecular weight is 609 g/mol. The fraction of sp³-hybridized carbons (Fsp3) is 0. The molecule has 0 saturated heterocycles. The Morgan fingerprint density at radius 2 is 0.833 bits per heavy atom. The second-order valence-electron chi connectivity index (χ2n) is 12.5. The molecule has 0 unspecified atom stereocenters. The average Bonchev–Trinajstić information content (AvgIpc) is 3.17. The zero-order chi connectivity index (χ0) is 31.6. The molecule has 0 atom stereocenters. The second-order valence-corrected chi connectivity index (χ2v) is 12.5. The molecule has 0 aliphatic heterocycles. The molecule has 0 fully saturated rings. The summed E-state index contributed by atoms with van der Waals surface area (Å²) in [6.45, 7) is 0. The predicted octanol–water partition coefficient (Wildman–Crippen LogP) is 12.4. The van der Waals surface area contributed by atoms with Crippen molar-refractivity contribution in [2.45, 2.75) is 0 Å². The fourth-order valence-corrected chi connectivity index (χ4v) is 7.87. The molecule has 2 aromatic heterocycles. The summed E-state index contributed by atoms with van der Waals surface area (Å²) >= 11 is 0. The Balaban J connectivity index is 1.37. The lowest BCUT2D eigenvalue weighted by atomic mass is 9.85. The van der Waals surface area contributed by atoms with Crippen LogP contribution < -0.4 is 0 Å². The van der Waals surface area contributed by atoms with Crippen LogP contribution in [0.25, 0.3) is 98.3 Å². The summed E-state index contributed by atoms with van der Waals surface area (Å²) in [5.41, 5.74) is 7.90. The summed E-state index contributed by atoms with van der Waals surface area (Å²) in [5, 5.41) is 13.3. The number of benzene rings is 8. The van der Waals surface area contributed by atoms with Crippen LogP contribution in [0.5, 0.6) is 0 Å². The summed E-state index contributed by atoms with van der Waals surface area (Å²) in [7, 11) is 0. The van der Waals surface area contributed by atoms with E-state index in [1.54, 1.807) is 0 Å². The molecule has 0 spiro atoms. The third-order valence-electron chi connectivity index (χ3n) is 9.89. The molecule has 2 heteroatoms. The Hall–Kier alpha value is -6.38. The van der Waals surface area contributed by atoms with Crippen LogP contribution >= 0.6 is 0 Å². The number of hydrogen-bond donors (Lipinski definition) is 0. The van der Waals surface area contributed by atoms with E-state index in [-0.39, 0.29) is 0 Å². The Morgan fingerprint density at radius 3 is 1.46 bits per heavy atom. The first-order valence-corrected chi connectivity index (χ1v) is 16.4. The van der Waals surface area contributed by atoms with Gasteiger partial charge in [0.15, 0.2) is 0 Å². The molecule has 48 heavy (non-hydrogen) atoms. The van der Waals surface area contributed by atoms with Gasteiger partial charge < -0.3 is 0 Å². The zero-order valence-corrected chi connectivity index (χ0v) is 26.1. The van der Waals surface area contributed by atoms with Gasteiger partial charge in [0, 0.05) is 39.7 Å². The van der Waals surface area contributed by atoms with Gasteiger partial charge in [0.1, 0.15) is 0 Å². The molecule has 0 saturated carbocycles. The molecule has 0 amide bonds. The number of aromatic nitrogens is 2. The van der Waals surface area contributed by atoms with Crippen LogP contribution in [-0.4, -0.2) is 9.97 Å². The van der Waals surface area contributed by atoms with Crippen LogP contribution in [0.15, 0.2) is 170 Å². The van der Waals surface area contributed by atoms with Gasteiger partial charge in [0.05, 0.1) is 11.2 Å². The molecular formula is C46H28N2. The maximum Gasteiger partial charge on any atom is 0.0800 e. The highest BCUT2D eigenvalue weighted by Gasteiger charge is 2.20. The van der Waals surface area contributed by atoms with E-state index in [1.165, 1.54) is 70.6 Å². The lowest BCUT2D eigenvalue weighted by Gasteiger charge is -2.19. The number of pyridine rings is 2. The van der Waals surface area contributed by atoms with Gasteiger partial charge >= 0.3 is 0 Å². The normalized spacial score (nSPS) is 11.8. The molecule has 222 valence electrons. The predicted molar refractivity (Wildman–Crippen MR) is 203 cm³/mol. The van der Waals surface area contributed by atoms with Crippen molar-refractivity contribution in [3.8, 4) is 33.5 Å². The molecule has 0 bridgehead atoms. The van der Waals surface area contributed by atoms with Gasteiger partial charge in [-0.3, -0.25) is 4.98 Å². The summed E-state index contributed by atoms with van der Waals surface area (Å²) in [6.07, 6.45) is 3.81. The number of nitrogens with zero attached hydrogens (tertiary/aromatic N) is 2. The minimum absolute atomic E-state index is 1.00. The lowest BCUT2D eigenvalue weighted by molar-refractivity contribution is 1.33. The van der Waals surface area contributed by atoms with Crippen LogP contribution in [0.1, 0.15) is 0 Å². The van der Waals surface area contributed by atoms with Crippen LogP contribution in [-0.2, 0) is 0 Å². The van der Waals surface area contributed by atoms with E-state index in [0.29, 0.717) is 0 Å². The molecule has 8 aromatic carbocycles.